The molecule has 0 amide bonds. The molecule has 0 aliphatic heterocycles. The minimum absolute atomic E-state index is 0.695. The van der Waals surface area contributed by atoms with E-state index in [-0.39, 0.29) is 0 Å². The molecule has 1 N–H and O–H groups in total. The van der Waals surface area contributed by atoms with E-state index in [1.165, 1.54) is 36.1 Å². The molecular formula is C12H21NS. The van der Waals surface area contributed by atoms with E-state index in [9.17, 15) is 0 Å². The predicted molar refractivity (Wildman–Crippen MR) is 65.1 cm³/mol. The Hall–Kier alpha value is -0.340. The summed E-state index contributed by atoms with van der Waals surface area (Å²) >= 11 is 1.86. The third kappa shape index (κ3) is 3.81. The van der Waals surface area contributed by atoms with Crippen LogP contribution in [0, 0.1) is 6.92 Å². The van der Waals surface area contributed by atoms with Crippen LogP contribution in [0.4, 0.5) is 0 Å². The zero-order valence-corrected chi connectivity index (χ0v) is 10.3. The van der Waals surface area contributed by atoms with E-state index in [0.717, 1.165) is 0 Å². The van der Waals surface area contributed by atoms with Gasteiger partial charge in [-0.05, 0) is 50.2 Å². The van der Waals surface area contributed by atoms with Gasteiger partial charge in [-0.2, -0.15) is 0 Å². The summed E-state index contributed by atoms with van der Waals surface area (Å²) in [6.07, 6.45) is 5.05. The zero-order chi connectivity index (χ0) is 10.4. The fourth-order valence-electron chi connectivity index (χ4n) is 1.75. The fraction of sp³-hybridized carbons (Fsp3) is 0.667. The maximum atomic E-state index is 3.38. The summed E-state index contributed by atoms with van der Waals surface area (Å²) in [5, 5.41) is 5.67. The highest BCUT2D eigenvalue weighted by atomic mass is 32.1. The van der Waals surface area contributed by atoms with Crippen molar-refractivity contribution in [1.82, 2.24) is 5.32 Å². The number of hydrogen-bond donors (Lipinski definition) is 1. The Morgan fingerprint density at radius 3 is 2.71 bits per heavy atom. The number of thiophene rings is 1. The third-order valence-corrected chi connectivity index (χ3v) is 3.52. The molecule has 0 saturated carbocycles. The van der Waals surface area contributed by atoms with Crippen LogP contribution in [0.15, 0.2) is 11.4 Å². The van der Waals surface area contributed by atoms with Gasteiger partial charge in [-0.15, -0.1) is 11.3 Å². The van der Waals surface area contributed by atoms with Crippen LogP contribution < -0.4 is 5.32 Å². The van der Waals surface area contributed by atoms with E-state index in [0.29, 0.717) is 6.04 Å². The molecule has 1 atom stereocenters. The molecule has 0 saturated heterocycles. The van der Waals surface area contributed by atoms with Crippen molar-refractivity contribution in [3.05, 3.63) is 21.9 Å². The third-order valence-electron chi connectivity index (χ3n) is 2.61. The van der Waals surface area contributed by atoms with Crippen LogP contribution in [-0.2, 0) is 6.42 Å². The van der Waals surface area contributed by atoms with Gasteiger partial charge in [0.05, 0.1) is 0 Å². The lowest BCUT2D eigenvalue weighted by Crippen LogP contribution is -2.25. The minimum Gasteiger partial charge on any atom is -0.317 e. The summed E-state index contributed by atoms with van der Waals surface area (Å²) in [7, 11) is 2.07. The fourth-order valence-corrected chi connectivity index (χ4v) is 2.49. The van der Waals surface area contributed by atoms with Gasteiger partial charge in [0.2, 0.25) is 0 Å². The quantitative estimate of drug-likeness (QED) is 0.760. The number of aryl methyl sites for hydroxylation is 2. The summed E-state index contributed by atoms with van der Waals surface area (Å²) < 4.78 is 0. The van der Waals surface area contributed by atoms with Crippen LogP contribution in [0.3, 0.4) is 0 Å². The van der Waals surface area contributed by atoms with Crippen LogP contribution in [0.5, 0.6) is 0 Å². The van der Waals surface area contributed by atoms with E-state index in [2.05, 4.69) is 37.7 Å². The molecule has 0 aromatic carbocycles. The van der Waals surface area contributed by atoms with E-state index in [1.54, 1.807) is 0 Å². The molecule has 1 aromatic heterocycles. The Kier molecular flexibility index (Phi) is 5.20. The highest BCUT2D eigenvalue weighted by Gasteiger charge is 2.05. The number of rotatable bonds is 6. The predicted octanol–water partition coefficient (Wildman–Crippen LogP) is 3.38. The van der Waals surface area contributed by atoms with E-state index >= 15 is 0 Å². The maximum Gasteiger partial charge on any atom is 0.00671 e. The van der Waals surface area contributed by atoms with Crippen molar-refractivity contribution in [3.8, 4) is 0 Å². The highest BCUT2D eigenvalue weighted by Crippen LogP contribution is 2.16. The lowest BCUT2D eigenvalue weighted by molar-refractivity contribution is 0.484. The smallest absolute Gasteiger partial charge is 0.00671 e. The van der Waals surface area contributed by atoms with Crippen molar-refractivity contribution in [2.24, 2.45) is 0 Å². The molecular weight excluding hydrogens is 190 g/mol. The van der Waals surface area contributed by atoms with Gasteiger partial charge in [-0.25, -0.2) is 0 Å². The van der Waals surface area contributed by atoms with Gasteiger partial charge >= 0.3 is 0 Å². The Morgan fingerprint density at radius 1 is 1.43 bits per heavy atom. The average Bonchev–Trinajstić information content (AvgIpc) is 2.59. The second-order valence-electron chi connectivity index (χ2n) is 3.88. The first-order valence-electron chi connectivity index (χ1n) is 5.47. The van der Waals surface area contributed by atoms with E-state index in [4.69, 9.17) is 0 Å². The molecule has 0 bridgehead atoms. The van der Waals surface area contributed by atoms with Crippen molar-refractivity contribution in [3.63, 3.8) is 0 Å². The molecule has 2 heteroatoms. The van der Waals surface area contributed by atoms with Crippen LogP contribution in [0.25, 0.3) is 0 Å². The Bertz CT molecular complexity index is 255. The first-order valence-corrected chi connectivity index (χ1v) is 6.35. The lowest BCUT2D eigenvalue weighted by Gasteiger charge is -2.14. The Morgan fingerprint density at radius 2 is 2.21 bits per heavy atom. The monoisotopic (exact) mass is 211 g/mol. The van der Waals surface area contributed by atoms with Gasteiger partial charge in [-0.3, -0.25) is 0 Å². The van der Waals surface area contributed by atoms with Gasteiger partial charge in [0, 0.05) is 10.9 Å². The minimum atomic E-state index is 0.695. The molecule has 0 spiro atoms. The van der Waals surface area contributed by atoms with Gasteiger partial charge in [0.15, 0.2) is 0 Å². The first-order chi connectivity index (χ1) is 6.76. The molecule has 1 rings (SSSR count). The number of hydrogen-bond acceptors (Lipinski definition) is 2. The molecule has 1 unspecified atom stereocenters. The molecule has 1 heterocycles. The summed E-state index contributed by atoms with van der Waals surface area (Å²) in [6, 6.07) is 3.00. The topological polar surface area (TPSA) is 12.0 Å². The van der Waals surface area contributed by atoms with E-state index < -0.39 is 0 Å². The lowest BCUT2D eigenvalue weighted by atomic mass is 10.0. The van der Waals surface area contributed by atoms with Crippen molar-refractivity contribution in [1.29, 1.82) is 0 Å². The Labute approximate surface area is 91.5 Å². The maximum absolute atomic E-state index is 3.38. The second kappa shape index (κ2) is 6.20. The number of nitrogens with one attached hydrogen (secondary N) is 1. The molecule has 1 aromatic rings. The van der Waals surface area contributed by atoms with Crippen LogP contribution >= 0.6 is 11.3 Å². The zero-order valence-electron chi connectivity index (χ0n) is 9.47. The van der Waals surface area contributed by atoms with Crippen molar-refractivity contribution >= 4 is 11.3 Å². The summed E-state index contributed by atoms with van der Waals surface area (Å²) in [6.45, 7) is 4.43. The first kappa shape index (κ1) is 11.7. The normalized spacial score (nSPS) is 13.1. The van der Waals surface area contributed by atoms with Crippen molar-refractivity contribution in [2.75, 3.05) is 7.05 Å². The van der Waals surface area contributed by atoms with Gasteiger partial charge in [-0.1, -0.05) is 13.3 Å². The van der Waals surface area contributed by atoms with Gasteiger partial charge in [0.25, 0.3) is 0 Å². The van der Waals surface area contributed by atoms with Crippen LogP contribution in [-0.4, -0.2) is 13.1 Å². The SMILES string of the molecule is CCCC(CCc1csc(C)c1)NC. The standard InChI is InChI=1S/C12H21NS/c1-4-5-12(13-3)7-6-11-8-10(2)14-9-11/h8-9,12-13H,4-7H2,1-3H3. The molecule has 14 heavy (non-hydrogen) atoms. The van der Waals surface area contributed by atoms with Crippen LogP contribution in [0.2, 0.25) is 0 Å². The molecule has 0 aliphatic carbocycles. The summed E-state index contributed by atoms with van der Waals surface area (Å²) in [5.41, 5.74) is 1.50. The van der Waals surface area contributed by atoms with Crippen molar-refractivity contribution < 1.29 is 0 Å². The molecule has 80 valence electrons. The van der Waals surface area contributed by atoms with Gasteiger partial charge in [0.1, 0.15) is 0 Å². The van der Waals surface area contributed by atoms with Crippen molar-refractivity contribution in [2.45, 2.75) is 45.6 Å². The molecule has 0 fully saturated rings. The molecule has 0 radical (unpaired) electrons. The van der Waals surface area contributed by atoms with Gasteiger partial charge < -0.3 is 5.32 Å². The summed E-state index contributed by atoms with van der Waals surface area (Å²) in [5.74, 6) is 0. The van der Waals surface area contributed by atoms with Crippen LogP contribution in [0.1, 0.15) is 36.6 Å². The largest absolute Gasteiger partial charge is 0.317 e. The highest BCUT2D eigenvalue weighted by molar-refractivity contribution is 7.10. The Balaban J connectivity index is 2.31. The molecule has 0 aliphatic rings. The average molecular weight is 211 g/mol. The summed E-state index contributed by atoms with van der Waals surface area (Å²) in [4.78, 5) is 1.43. The van der Waals surface area contributed by atoms with E-state index in [1.807, 2.05) is 11.3 Å². The second-order valence-corrected chi connectivity index (χ2v) is 4.99. The molecule has 1 nitrogen and oxygen atoms in total.